The number of aromatic nitrogens is 1. The lowest BCUT2D eigenvalue weighted by atomic mass is 9.78. The van der Waals surface area contributed by atoms with E-state index in [0.29, 0.717) is 23.2 Å². The van der Waals surface area contributed by atoms with Crippen LogP contribution in [0.15, 0.2) is 18.3 Å². The smallest absolute Gasteiger partial charge is 0.257 e. The van der Waals surface area contributed by atoms with Gasteiger partial charge in [-0.3, -0.25) is 4.79 Å². The largest absolute Gasteiger partial charge is 0.480 e. The number of rotatable bonds is 4. The third-order valence-electron chi connectivity index (χ3n) is 4.08. The average Bonchev–Trinajstić information content (AvgIpc) is 2.49. The number of amides is 1. The van der Waals surface area contributed by atoms with Gasteiger partial charge in [0.1, 0.15) is 5.56 Å². The fourth-order valence-corrected chi connectivity index (χ4v) is 2.98. The van der Waals surface area contributed by atoms with Crippen molar-refractivity contribution in [3.8, 4) is 5.88 Å². The molecule has 1 N–H and O–H groups in total. The van der Waals surface area contributed by atoms with E-state index in [1.807, 2.05) is 0 Å². The Morgan fingerprint density at radius 1 is 1.55 bits per heavy atom. The van der Waals surface area contributed by atoms with E-state index in [0.717, 1.165) is 25.7 Å². The van der Waals surface area contributed by atoms with Gasteiger partial charge in [-0.15, -0.1) is 11.6 Å². The number of nitrogens with zero attached hydrogens (tertiary/aromatic N) is 1. The quantitative estimate of drug-likeness (QED) is 0.869. The number of carbonyl (C=O) groups excluding carboxylic acids is 1. The Kier molecular flexibility index (Phi) is 4.86. The van der Waals surface area contributed by atoms with E-state index in [1.165, 1.54) is 7.11 Å². The van der Waals surface area contributed by atoms with Crippen molar-refractivity contribution in [2.75, 3.05) is 13.0 Å². The second kappa shape index (κ2) is 6.44. The topological polar surface area (TPSA) is 51.2 Å². The van der Waals surface area contributed by atoms with Crippen LogP contribution in [0.5, 0.6) is 5.88 Å². The van der Waals surface area contributed by atoms with Gasteiger partial charge >= 0.3 is 0 Å². The molecule has 4 nitrogen and oxygen atoms in total. The van der Waals surface area contributed by atoms with Gasteiger partial charge in [-0.25, -0.2) is 4.98 Å². The molecule has 1 aromatic heterocycles. The number of hydrogen-bond donors (Lipinski definition) is 1. The molecule has 1 fully saturated rings. The molecule has 0 aromatic carbocycles. The normalized spacial score (nSPS) is 26.1. The summed E-state index contributed by atoms with van der Waals surface area (Å²) in [6.45, 7) is 2.24. The minimum atomic E-state index is -0.300. The van der Waals surface area contributed by atoms with Crippen LogP contribution in [0.2, 0.25) is 0 Å². The third-order valence-corrected chi connectivity index (χ3v) is 4.59. The first-order valence-corrected chi connectivity index (χ1v) is 7.51. The van der Waals surface area contributed by atoms with E-state index in [9.17, 15) is 4.79 Å². The molecule has 0 saturated heterocycles. The first-order chi connectivity index (χ1) is 9.60. The molecule has 0 bridgehead atoms. The van der Waals surface area contributed by atoms with Crippen molar-refractivity contribution in [1.82, 2.24) is 10.3 Å². The van der Waals surface area contributed by atoms with E-state index in [1.54, 1.807) is 18.3 Å². The van der Waals surface area contributed by atoms with Gasteiger partial charge < -0.3 is 10.1 Å². The first kappa shape index (κ1) is 15.1. The van der Waals surface area contributed by atoms with Crippen molar-refractivity contribution in [3.05, 3.63) is 23.9 Å². The molecule has 1 heterocycles. The molecule has 0 unspecified atom stereocenters. The molecule has 1 aromatic rings. The fraction of sp³-hybridized carbons (Fsp3) is 0.600. The molecule has 2 rings (SSSR count). The number of hydrogen-bond acceptors (Lipinski definition) is 3. The van der Waals surface area contributed by atoms with Crippen LogP contribution in [0, 0.1) is 5.92 Å². The summed E-state index contributed by atoms with van der Waals surface area (Å²) in [4.78, 5) is 16.5. The third kappa shape index (κ3) is 3.23. The van der Waals surface area contributed by atoms with Gasteiger partial charge in [-0.1, -0.05) is 6.92 Å². The Labute approximate surface area is 124 Å². The standard InChI is InChI=1S/C15H21ClN2O2/c1-11-5-7-15(10-16,8-6-11)18-13(19)12-4-3-9-17-14(12)20-2/h3-4,9,11H,5-8,10H2,1-2H3,(H,18,19). The summed E-state index contributed by atoms with van der Waals surface area (Å²) in [6, 6.07) is 3.45. The average molecular weight is 297 g/mol. The molecule has 1 aliphatic carbocycles. The van der Waals surface area contributed by atoms with E-state index in [2.05, 4.69) is 17.2 Å². The van der Waals surface area contributed by atoms with Crippen molar-refractivity contribution < 1.29 is 9.53 Å². The zero-order valence-corrected chi connectivity index (χ0v) is 12.7. The number of ether oxygens (including phenoxy) is 1. The first-order valence-electron chi connectivity index (χ1n) is 6.98. The van der Waals surface area contributed by atoms with Gasteiger partial charge in [0.15, 0.2) is 0 Å². The van der Waals surface area contributed by atoms with Crippen LogP contribution in [0.25, 0.3) is 0 Å². The van der Waals surface area contributed by atoms with Gasteiger partial charge in [-0.05, 0) is 43.7 Å². The SMILES string of the molecule is COc1ncccc1C(=O)NC1(CCl)CCC(C)CC1. The van der Waals surface area contributed by atoms with Crippen LogP contribution in [-0.2, 0) is 0 Å². The van der Waals surface area contributed by atoms with E-state index < -0.39 is 0 Å². The summed E-state index contributed by atoms with van der Waals surface area (Å²) >= 11 is 6.13. The maximum absolute atomic E-state index is 12.4. The Hall–Kier alpha value is -1.29. The maximum atomic E-state index is 12.4. The van der Waals surface area contributed by atoms with Gasteiger partial charge in [0.25, 0.3) is 5.91 Å². The number of nitrogens with one attached hydrogen (secondary N) is 1. The van der Waals surface area contributed by atoms with Gasteiger partial charge in [0.2, 0.25) is 5.88 Å². The Morgan fingerprint density at radius 2 is 2.25 bits per heavy atom. The van der Waals surface area contributed by atoms with Crippen molar-refractivity contribution in [2.45, 2.75) is 38.1 Å². The van der Waals surface area contributed by atoms with Crippen molar-refractivity contribution in [2.24, 2.45) is 5.92 Å². The lowest BCUT2D eigenvalue weighted by molar-refractivity contribution is 0.0868. The predicted molar refractivity (Wildman–Crippen MR) is 79.3 cm³/mol. The molecular formula is C15H21ClN2O2. The van der Waals surface area contributed by atoms with Gasteiger partial charge in [0.05, 0.1) is 12.6 Å². The van der Waals surface area contributed by atoms with Crippen LogP contribution in [0.4, 0.5) is 0 Å². The van der Waals surface area contributed by atoms with Gasteiger partial charge in [-0.2, -0.15) is 0 Å². The number of pyridine rings is 1. The molecule has 0 aliphatic heterocycles. The molecule has 1 saturated carbocycles. The summed E-state index contributed by atoms with van der Waals surface area (Å²) in [7, 11) is 1.51. The second-order valence-electron chi connectivity index (χ2n) is 5.61. The molecule has 1 aliphatic rings. The van der Waals surface area contributed by atoms with Crippen LogP contribution in [0.1, 0.15) is 43.0 Å². The summed E-state index contributed by atoms with van der Waals surface area (Å²) in [6.07, 6.45) is 5.64. The van der Waals surface area contributed by atoms with Crippen LogP contribution < -0.4 is 10.1 Å². The molecule has 0 radical (unpaired) electrons. The second-order valence-corrected chi connectivity index (χ2v) is 5.88. The molecule has 0 atom stereocenters. The van der Waals surface area contributed by atoms with Crippen molar-refractivity contribution in [1.29, 1.82) is 0 Å². The molecule has 110 valence electrons. The molecular weight excluding hydrogens is 276 g/mol. The summed E-state index contributed by atoms with van der Waals surface area (Å²) in [5, 5.41) is 3.10. The zero-order valence-electron chi connectivity index (χ0n) is 12.0. The maximum Gasteiger partial charge on any atom is 0.257 e. The minimum Gasteiger partial charge on any atom is -0.480 e. The zero-order chi connectivity index (χ0) is 14.6. The number of carbonyl (C=O) groups is 1. The highest BCUT2D eigenvalue weighted by Crippen LogP contribution is 2.33. The summed E-state index contributed by atoms with van der Waals surface area (Å²) < 4.78 is 5.13. The van der Waals surface area contributed by atoms with Crippen molar-refractivity contribution >= 4 is 17.5 Å². The summed E-state index contributed by atoms with van der Waals surface area (Å²) in [5.41, 5.74) is 0.157. The number of halogens is 1. The van der Waals surface area contributed by atoms with Crippen LogP contribution in [-0.4, -0.2) is 29.4 Å². The Morgan fingerprint density at radius 3 is 2.85 bits per heavy atom. The highest BCUT2D eigenvalue weighted by molar-refractivity contribution is 6.19. The highest BCUT2D eigenvalue weighted by atomic mass is 35.5. The van der Waals surface area contributed by atoms with E-state index >= 15 is 0 Å². The monoisotopic (exact) mass is 296 g/mol. The Bertz CT molecular complexity index is 471. The summed E-state index contributed by atoms with van der Waals surface area (Å²) in [5.74, 6) is 1.33. The van der Waals surface area contributed by atoms with Gasteiger partial charge in [0, 0.05) is 12.1 Å². The molecule has 0 spiro atoms. The molecule has 5 heteroatoms. The molecule has 20 heavy (non-hydrogen) atoms. The molecule has 1 amide bonds. The van der Waals surface area contributed by atoms with E-state index in [4.69, 9.17) is 16.3 Å². The predicted octanol–water partition coefficient (Wildman–Crippen LogP) is 3.01. The number of alkyl halides is 1. The van der Waals surface area contributed by atoms with Crippen molar-refractivity contribution in [3.63, 3.8) is 0 Å². The minimum absolute atomic E-state index is 0.162. The highest BCUT2D eigenvalue weighted by Gasteiger charge is 2.35. The van der Waals surface area contributed by atoms with Crippen LogP contribution in [0.3, 0.4) is 0 Å². The lowest BCUT2D eigenvalue weighted by Gasteiger charge is -2.38. The Balaban J connectivity index is 2.13. The lowest BCUT2D eigenvalue weighted by Crippen LogP contribution is -2.52. The number of methoxy groups -OCH3 is 1. The van der Waals surface area contributed by atoms with E-state index in [-0.39, 0.29) is 11.4 Å². The fourth-order valence-electron chi connectivity index (χ4n) is 2.64. The van der Waals surface area contributed by atoms with Crippen LogP contribution >= 0.6 is 11.6 Å².